The molecule has 0 atom stereocenters. The number of carbonyl (C=O) groups is 1. The molecule has 1 aromatic carbocycles. The zero-order valence-corrected chi connectivity index (χ0v) is 7.34. The summed E-state index contributed by atoms with van der Waals surface area (Å²) in [7, 11) is 0. The molecule has 0 radical (unpaired) electrons. The lowest BCUT2D eigenvalue weighted by molar-refractivity contribution is 0.112. The maximum absolute atomic E-state index is 12.8. The molecule has 2 nitrogen and oxygen atoms in total. The average molecular weight is 197 g/mol. The van der Waals surface area contributed by atoms with Gasteiger partial charge in [0.25, 0.3) is 0 Å². The van der Waals surface area contributed by atoms with Gasteiger partial charge < -0.3 is 5.73 Å². The fourth-order valence-electron chi connectivity index (χ4n) is 1.02. The summed E-state index contributed by atoms with van der Waals surface area (Å²) < 4.78 is 25.5. The van der Waals surface area contributed by atoms with Gasteiger partial charge in [-0.25, -0.2) is 8.78 Å². The molecule has 0 aliphatic carbocycles. The smallest absolute Gasteiger partial charge is 0.159 e. The molecule has 1 rings (SSSR count). The number of halogens is 2. The zero-order chi connectivity index (χ0) is 10.6. The SMILES string of the molecule is NC/C=C/c1cc(F)c(F)cc1C=O. The largest absolute Gasteiger partial charge is 0.327 e. The maximum Gasteiger partial charge on any atom is 0.159 e. The number of aldehydes is 1. The molecule has 0 saturated heterocycles. The van der Waals surface area contributed by atoms with Crippen LogP contribution in [0.4, 0.5) is 8.78 Å². The van der Waals surface area contributed by atoms with Crippen LogP contribution in [0.2, 0.25) is 0 Å². The van der Waals surface area contributed by atoms with E-state index in [0.717, 1.165) is 12.1 Å². The van der Waals surface area contributed by atoms with E-state index in [0.29, 0.717) is 11.8 Å². The van der Waals surface area contributed by atoms with Crippen LogP contribution in [0, 0.1) is 11.6 Å². The Morgan fingerprint density at radius 2 is 1.79 bits per heavy atom. The molecule has 4 heteroatoms. The number of benzene rings is 1. The zero-order valence-electron chi connectivity index (χ0n) is 7.34. The second-order valence-corrected chi connectivity index (χ2v) is 2.65. The van der Waals surface area contributed by atoms with Gasteiger partial charge in [-0.2, -0.15) is 0 Å². The lowest BCUT2D eigenvalue weighted by atomic mass is 10.1. The van der Waals surface area contributed by atoms with Gasteiger partial charge in [-0.05, 0) is 17.7 Å². The molecule has 0 bridgehead atoms. The standard InChI is InChI=1S/C10H9F2NO/c11-9-4-7(2-1-3-13)8(6-14)5-10(9)12/h1-2,4-6H,3,13H2/b2-1+. The van der Waals surface area contributed by atoms with E-state index in [1.54, 1.807) is 6.08 Å². The summed E-state index contributed by atoms with van der Waals surface area (Å²) in [6.07, 6.45) is 3.50. The molecule has 0 unspecified atom stereocenters. The molecule has 14 heavy (non-hydrogen) atoms. The Hall–Kier alpha value is -1.55. The summed E-state index contributed by atoms with van der Waals surface area (Å²) in [5.74, 6) is -2.01. The third-order valence-corrected chi connectivity index (χ3v) is 1.69. The van der Waals surface area contributed by atoms with Crippen LogP contribution >= 0.6 is 0 Å². The van der Waals surface area contributed by atoms with Gasteiger partial charge in [0.05, 0.1) is 0 Å². The molecule has 2 N–H and O–H groups in total. The quantitative estimate of drug-likeness (QED) is 0.750. The average Bonchev–Trinajstić information content (AvgIpc) is 2.19. The van der Waals surface area contributed by atoms with Crippen molar-refractivity contribution in [3.63, 3.8) is 0 Å². The van der Waals surface area contributed by atoms with E-state index >= 15 is 0 Å². The van der Waals surface area contributed by atoms with Gasteiger partial charge in [0.2, 0.25) is 0 Å². The summed E-state index contributed by atoms with van der Waals surface area (Å²) in [5.41, 5.74) is 5.62. The van der Waals surface area contributed by atoms with Crippen molar-refractivity contribution in [1.29, 1.82) is 0 Å². The van der Waals surface area contributed by atoms with Crippen LogP contribution in [0.1, 0.15) is 15.9 Å². The predicted octanol–water partition coefficient (Wildman–Crippen LogP) is 1.75. The minimum atomic E-state index is -1.03. The Kier molecular flexibility index (Phi) is 3.48. The predicted molar refractivity (Wildman–Crippen MR) is 49.8 cm³/mol. The summed E-state index contributed by atoms with van der Waals surface area (Å²) >= 11 is 0. The van der Waals surface area contributed by atoms with E-state index in [9.17, 15) is 13.6 Å². The van der Waals surface area contributed by atoms with Crippen molar-refractivity contribution < 1.29 is 13.6 Å². The maximum atomic E-state index is 12.8. The highest BCUT2D eigenvalue weighted by molar-refractivity contribution is 5.81. The first-order chi connectivity index (χ1) is 6.69. The lowest BCUT2D eigenvalue weighted by Crippen LogP contribution is -1.95. The van der Waals surface area contributed by atoms with E-state index < -0.39 is 11.6 Å². The van der Waals surface area contributed by atoms with Crippen molar-refractivity contribution >= 4 is 12.4 Å². The fourth-order valence-corrected chi connectivity index (χ4v) is 1.02. The monoisotopic (exact) mass is 197 g/mol. The number of nitrogens with two attached hydrogens (primary N) is 1. The number of carbonyl (C=O) groups excluding carboxylic acids is 1. The van der Waals surface area contributed by atoms with Crippen molar-refractivity contribution in [2.45, 2.75) is 0 Å². The fraction of sp³-hybridized carbons (Fsp3) is 0.100. The Bertz CT molecular complexity index is 375. The van der Waals surface area contributed by atoms with E-state index in [1.807, 2.05) is 0 Å². The van der Waals surface area contributed by atoms with Crippen molar-refractivity contribution in [3.05, 3.63) is 41.0 Å². The number of rotatable bonds is 3. The van der Waals surface area contributed by atoms with Crippen LogP contribution in [-0.4, -0.2) is 12.8 Å². The molecular formula is C10H9F2NO. The van der Waals surface area contributed by atoms with Crippen molar-refractivity contribution in [3.8, 4) is 0 Å². The van der Waals surface area contributed by atoms with Crippen molar-refractivity contribution in [2.24, 2.45) is 5.73 Å². The molecule has 0 aromatic heterocycles. The molecule has 0 fully saturated rings. The first kappa shape index (κ1) is 10.5. The molecule has 1 aromatic rings. The summed E-state index contributed by atoms with van der Waals surface area (Å²) in [5, 5.41) is 0. The molecule has 0 aliphatic rings. The van der Waals surface area contributed by atoms with Crippen LogP contribution in [0.5, 0.6) is 0 Å². The van der Waals surface area contributed by atoms with Gasteiger partial charge >= 0.3 is 0 Å². The minimum Gasteiger partial charge on any atom is -0.327 e. The van der Waals surface area contributed by atoms with Gasteiger partial charge in [0.15, 0.2) is 17.9 Å². The van der Waals surface area contributed by atoms with Gasteiger partial charge in [0.1, 0.15) is 0 Å². The van der Waals surface area contributed by atoms with Crippen LogP contribution in [-0.2, 0) is 0 Å². The first-order valence-electron chi connectivity index (χ1n) is 4.00. The van der Waals surface area contributed by atoms with Crippen molar-refractivity contribution in [2.75, 3.05) is 6.54 Å². The molecule has 0 saturated carbocycles. The third-order valence-electron chi connectivity index (χ3n) is 1.69. The van der Waals surface area contributed by atoms with Crippen LogP contribution in [0.15, 0.2) is 18.2 Å². The Balaban J connectivity index is 3.20. The third kappa shape index (κ3) is 2.23. The van der Waals surface area contributed by atoms with E-state index in [2.05, 4.69) is 0 Å². The highest BCUT2D eigenvalue weighted by Crippen LogP contribution is 2.14. The normalized spacial score (nSPS) is 10.8. The molecular weight excluding hydrogens is 188 g/mol. The number of hydrogen-bond donors (Lipinski definition) is 1. The van der Waals surface area contributed by atoms with E-state index in [4.69, 9.17) is 5.73 Å². The van der Waals surface area contributed by atoms with Crippen LogP contribution in [0.3, 0.4) is 0 Å². The lowest BCUT2D eigenvalue weighted by Gasteiger charge is -2.00. The van der Waals surface area contributed by atoms with E-state index in [1.165, 1.54) is 6.08 Å². The van der Waals surface area contributed by atoms with Crippen LogP contribution in [0.25, 0.3) is 6.08 Å². The minimum absolute atomic E-state index is 0.105. The second kappa shape index (κ2) is 4.62. The summed E-state index contributed by atoms with van der Waals surface area (Å²) in [4.78, 5) is 10.5. The summed E-state index contributed by atoms with van der Waals surface area (Å²) in [6.45, 7) is 0.275. The highest BCUT2D eigenvalue weighted by atomic mass is 19.2. The van der Waals surface area contributed by atoms with Gasteiger partial charge in [-0.1, -0.05) is 12.2 Å². The van der Waals surface area contributed by atoms with E-state index in [-0.39, 0.29) is 12.1 Å². The van der Waals surface area contributed by atoms with Crippen molar-refractivity contribution in [1.82, 2.24) is 0 Å². The first-order valence-corrected chi connectivity index (χ1v) is 4.00. The molecule has 74 valence electrons. The molecule has 0 heterocycles. The number of hydrogen-bond acceptors (Lipinski definition) is 2. The Morgan fingerprint density at radius 3 is 2.29 bits per heavy atom. The second-order valence-electron chi connectivity index (χ2n) is 2.65. The molecule has 0 spiro atoms. The highest BCUT2D eigenvalue weighted by Gasteiger charge is 2.06. The Labute approximate surface area is 80.0 Å². The molecule has 0 amide bonds. The van der Waals surface area contributed by atoms with Gasteiger partial charge in [-0.15, -0.1) is 0 Å². The summed E-state index contributed by atoms with van der Waals surface area (Å²) in [6, 6.07) is 1.82. The van der Waals surface area contributed by atoms with Crippen LogP contribution < -0.4 is 5.73 Å². The van der Waals surface area contributed by atoms with Gasteiger partial charge in [-0.3, -0.25) is 4.79 Å². The van der Waals surface area contributed by atoms with Gasteiger partial charge in [0, 0.05) is 12.1 Å². The Morgan fingerprint density at radius 1 is 1.21 bits per heavy atom. The topological polar surface area (TPSA) is 43.1 Å². The molecule has 0 aliphatic heterocycles.